The van der Waals surface area contributed by atoms with Gasteiger partial charge in [-0.15, -0.1) is 0 Å². The number of hydrogen-bond donors (Lipinski definition) is 1. The van der Waals surface area contributed by atoms with E-state index in [1.54, 1.807) is 26.1 Å². The van der Waals surface area contributed by atoms with Gasteiger partial charge in [0.25, 0.3) is 0 Å². The first kappa shape index (κ1) is 16.0. The van der Waals surface area contributed by atoms with E-state index >= 15 is 0 Å². The average molecular weight is 307 g/mol. The molecule has 0 bridgehead atoms. The SMILES string of the molecule is C/C=C1/C[C@@](C(=O)PO)(c2cccc(F)c2C)C/C1=N/C. The van der Waals surface area contributed by atoms with Gasteiger partial charge in [0, 0.05) is 19.2 Å². The van der Waals surface area contributed by atoms with Crippen molar-refractivity contribution >= 4 is 20.0 Å². The number of carbonyl (C=O) groups excluding carboxylic acids is 1. The quantitative estimate of drug-likeness (QED) is 0.871. The van der Waals surface area contributed by atoms with Gasteiger partial charge in [-0.3, -0.25) is 9.79 Å². The lowest BCUT2D eigenvalue weighted by atomic mass is 9.77. The summed E-state index contributed by atoms with van der Waals surface area (Å²) in [6.07, 6.45) is 2.82. The molecule has 1 N–H and O–H groups in total. The third-order valence-electron chi connectivity index (χ3n) is 4.27. The molecule has 1 saturated carbocycles. The Morgan fingerprint density at radius 3 is 2.71 bits per heavy atom. The molecule has 112 valence electrons. The summed E-state index contributed by atoms with van der Waals surface area (Å²) in [7, 11) is 0.887. The summed E-state index contributed by atoms with van der Waals surface area (Å²) in [5.74, 6) is -0.329. The van der Waals surface area contributed by atoms with E-state index < -0.39 is 14.2 Å². The number of hydrogen-bond acceptors (Lipinski definition) is 3. The Kier molecular flexibility index (Phi) is 4.70. The van der Waals surface area contributed by atoms with Crippen LogP contribution in [0.15, 0.2) is 34.8 Å². The van der Waals surface area contributed by atoms with Gasteiger partial charge >= 0.3 is 0 Å². The molecule has 0 saturated heterocycles. The number of allylic oxidation sites excluding steroid dienone is 2. The number of rotatable bonds is 3. The Labute approximate surface area is 125 Å². The minimum absolute atomic E-state index is 0.255. The minimum Gasteiger partial charge on any atom is -0.369 e. The second kappa shape index (κ2) is 6.17. The Morgan fingerprint density at radius 1 is 1.48 bits per heavy atom. The maximum atomic E-state index is 13.9. The van der Waals surface area contributed by atoms with E-state index in [9.17, 15) is 14.1 Å². The van der Waals surface area contributed by atoms with Gasteiger partial charge in [0.1, 0.15) is 5.82 Å². The zero-order valence-corrected chi connectivity index (χ0v) is 13.4. The number of halogens is 1. The maximum Gasteiger partial charge on any atom is 0.189 e. The van der Waals surface area contributed by atoms with Crippen molar-refractivity contribution in [3.8, 4) is 0 Å². The van der Waals surface area contributed by atoms with Crippen LogP contribution in [0.25, 0.3) is 0 Å². The monoisotopic (exact) mass is 307 g/mol. The summed E-state index contributed by atoms with van der Waals surface area (Å²) in [6.45, 7) is 3.58. The van der Waals surface area contributed by atoms with Crippen LogP contribution in [0.2, 0.25) is 0 Å². The van der Waals surface area contributed by atoms with Crippen molar-refractivity contribution < 1.29 is 14.1 Å². The maximum absolute atomic E-state index is 13.9. The summed E-state index contributed by atoms with van der Waals surface area (Å²) in [6, 6.07) is 4.78. The van der Waals surface area contributed by atoms with E-state index in [0.717, 1.165) is 11.3 Å². The molecular weight excluding hydrogens is 288 g/mol. The van der Waals surface area contributed by atoms with Crippen molar-refractivity contribution in [2.24, 2.45) is 4.99 Å². The van der Waals surface area contributed by atoms with Gasteiger partial charge in [-0.2, -0.15) is 0 Å². The highest BCUT2D eigenvalue weighted by Gasteiger charge is 2.47. The van der Waals surface area contributed by atoms with Crippen LogP contribution in [0.1, 0.15) is 30.9 Å². The molecule has 21 heavy (non-hydrogen) atoms. The zero-order chi connectivity index (χ0) is 15.6. The van der Waals surface area contributed by atoms with E-state index in [4.69, 9.17) is 0 Å². The summed E-state index contributed by atoms with van der Waals surface area (Å²) in [5, 5.41) is 0. The standard InChI is InChI=1S/C16H19FNO2P/c1-4-11-8-16(15(19)21-20,9-14(11)18-3)12-6-5-7-13(17)10(12)2/h4-7,20-21H,8-9H2,1-3H3/b11-4-,18-14-/t16-/m0/s1. The van der Waals surface area contributed by atoms with E-state index in [0.29, 0.717) is 24.0 Å². The fraction of sp³-hybridized carbons (Fsp3) is 0.375. The minimum atomic E-state index is -0.893. The lowest BCUT2D eigenvalue weighted by Crippen LogP contribution is -2.32. The predicted octanol–water partition coefficient (Wildman–Crippen LogP) is 3.30. The molecule has 1 unspecified atom stereocenters. The van der Waals surface area contributed by atoms with E-state index in [1.165, 1.54) is 6.07 Å². The highest BCUT2D eigenvalue weighted by molar-refractivity contribution is 7.52. The van der Waals surface area contributed by atoms with Crippen molar-refractivity contribution in [2.45, 2.75) is 32.1 Å². The highest BCUT2D eigenvalue weighted by Crippen LogP contribution is 2.47. The topological polar surface area (TPSA) is 49.7 Å². The molecule has 1 aliphatic carbocycles. The lowest BCUT2D eigenvalue weighted by Gasteiger charge is -2.28. The average Bonchev–Trinajstić information content (AvgIpc) is 2.89. The number of carbonyl (C=O) groups is 1. The van der Waals surface area contributed by atoms with Crippen LogP contribution >= 0.6 is 8.81 Å². The van der Waals surface area contributed by atoms with Gasteiger partial charge in [0.15, 0.2) is 5.52 Å². The molecule has 0 aliphatic heterocycles. The van der Waals surface area contributed by atoms with Gasteiger partial charge in [0.05, 0.1) is 14.2 Å². The Hall–Kier alpha value is -1.38. The summed E-state index contributed by atoms with van der Waals surface area (Å²) >= 11 is 0. The fourth-order valence-electron chi connectivity index (χ4n) is 3.09. The molecule has 2 rings (SSSR count). The normalized spacial score (nSPS) is 26.3. The van der Waals surface area contributed by atoms with E-state index in [2.05, 4.69) is 4.99 Å². The zero-order valence-electron chi connectivity index (χ0n) is 12.4. The summed E-state index contributed by atoms with van der Waals surface area (Å²) in [4.78, 5) is 26.2. The van der Waals surface area contributed by atoms with Crippen LogP contribution in [0.5, 0.6) is 0 Å². The molecule has 1 fully saturated rings. The van der Waals surface area contributed by atoms with Crippen LogP contribution in [-0.2, 0) is 10.2 Å². The molecule has 1 aliphatic rings. The van der Waals surface area contributed by atoms with Crippen molar-refractivity contribution in [3.63, 3.8) is 0 Å². The first-order valence-corrected chi connectivity index (χ1v) is 7.76. The van der Waals surface area contributed by atoms with Crippen molar-refractivity contribution in [1.29, 1.82) is 0 Å². The number of aliphatic imine (C=N–C) groups is 1. The molecule has 1 aromatic carbocycles. The molecule has 3 nitrogen and oxygen atoms in total. The summed E-state index contributed by atoms with van der Waals surface area (Å²) < 4.78 is 13.9. The number of nitrogens with zero attached hydrogens (tertiary/aromatic N) is 1. The van der Waals surface area contributed by atoms with E-state index in [-0.39, 0.29) is 11.3 Å². The smallest absolute Gasteiger partial charge is 0.189 e. The molecule has 0 heterocycles. The van der Waals surface area contributed by atoms with Gasteiger partial charge in [-0.05, 0) is 43.0 Å². The summed E-state index contributed by atoms with van der Waals surface area (Å²) in [5.41, 5.74) is 1.83. The third-order valence-corrected chi connectivity index (χ3v) is 4.95. The largest absolute Gasteiger partial charge is 0.369 e. The van der Waals surface area contributed by atoms with Crippen molar-refractivity contribution in [2.75, 3.05) is 7.05 Å². The molecular formula is C16H19FNO2P. The Morgan fingerprint density at radius 2 is 2.19 bits per heavy atom. The van der Waals surface area contributed by atoms with Gasteiger partial charge in [-0.25, -0.2) is 4.39 Å². The van der Waals surface area contributed by atoms with Crippen molar-refractivity contribution in [1.82, 2.24) is 0 Å². The van der Waals surface area contributed by atoms with Gasteiger partial charge in [0.2, 0.25) is 0 Å². The molecule has 0 radical (unpaired) electrons. The van der Waals surface area contributed by atoms with Gasteiger partial charge in [-0.1, -0.05) is 18.2 Å². The van der Waals surface area contributed by atoms with Crippen molar-refractivity contribution in [3.05, 3.63) is 46.8 Å². The molecule has 0 amide bonds. The van der Waals surface area contributed by atoms with E-state index in [1.807, 2.05) is 13.0 Å². The number of benzene rings is 1. The molecule has 0 spiro atoms. The second-order valence-corrected chi connectivity index (χ2v) is 5.95. The third kappa shape index (κ3) is 2.58. The lowest BCUT2D eigenvalue weighted by molar-refractivity contribution is -0.116. The first-order chi connectivity index (χ1) is 10.00. The van der Waals surface area contributed by atoms with Crippen LogP contribution < -0.4 is 0 Å². The molecule has 0 aromatic heterocycles. The fourth-order valence-corrected chi connectivity index (χ4v) is 3.61. The molecule has 1 aromatic rings. The second-order valence-electron chi connectivity index (χ2n) is 5.27. The predicted molar refractivity (Wildman–Crippen MR) is 84.7 cm³/mol. The molecule has 2 atom stereocenters. The van der Waals surface area contributed by atoms with Crippen LogP contribution in [0.4, 0.5) is 4.39 Å². The Bertz CT molecular complexity index is 617. The van der Waals surface area contributed by atoms with Crippen LogP contribution in [-0.4, -0.2) is 23.2 Å². The van der Waals surface area contributed by atoms with Gasteiger partial charge < -0.3 is 4.89 Å². The van der Waals surface area contributed by atoms with Crippen LogP contribution in [0.3, 0.4) is 0 Å². The highest BCUT2D eigenvalue weighted by atomic mass is 31.1. The molecule has 5 heteroatoms. The van der Waals surface area contributed by atoms with Crippen LogP contribution in [0, 0.1) is 12.7 Å². The first-order valence-electron chi connectivity index (χ1n) is 6.81. The Balaban J connectivity index is 2.66.